The highest BCUT2D eigenvalue weighted by atomic mass is 32.2. The lowest BCUT2D eigenvalue weighted by Gasteiger charge is -2.09. The molecule has 0 radical (unpaired) electrons. The Kier molecular flexibility index (Phi) is 5.55. The van der Waals surface area contributed by atoms with Crippen LogP contribution in [-0.4, -0.2) is 31.2 Å². The van der Waals surface area contributed by atoms with Crippen LogP contribution < -0.4 is 5.32 Å². The van der Waals surface area contributed by atoms with E-state index in [1.54, 1.807) is 55.2 Å². The molecule has 29 heavy (non-hydrogen) atoms. The highest BCUT2D eigenvalue weighted by Gasteiger charge is 2.10. The summed E-state index contributed by atoms with van der Waals surface area (Å²) < 4.78 is 0. The fourth-order valence-corrected chi connectivity index (χ4v) is 3.77. The molecule has 0 bridgehead atoms. The number of anilines is 1. The second-order valence-electron chi connectivity index (χ2n) is 6.55. The summed E-state index contributed by atoms with van der Waals surface area (Å²) in [7, 11) is 0. The summed E-state index contributed by atoms with van der Waals surface area (Å²) in [5.74, 6) is 0.488. The molecule has 0 aliphatic heterocycles. The first-order valence-corrected chi connectivity index (χ1v) is 10.0. The smallest absolute Gasteiger partial charge is 0.255 e. The molecule has 0 aliphatic rings. The molecule has 0 saturated carbocycles. The van der Waals surface area contributed by atoms with Crippen molar-refractivity contribution < 1.29 is 9.90 Å². The molecule has 2 aromatic carbocycles. The number of hydrogen-bond donors (Lipinski definition) is 3. The summed E-state index contributed by atoms with van der Waals surface area (Å²) >= 11 is 1.57. The first-order chi connectivity index (χ1) is 14.1. The molecule has 0 spiro atoms. The molecule has 2 heterocycles. The van der Waals surface area contributed by atoms with E-state index < -0.39 is 6.10 Å². The van der Waals surface area contributed by atoms with E-state index in [1.807, 2.05) is 18.2 Å². The Morgan fingerprint density at radius 3 is 2.83 bits per heavy atom. The van der Waals surface area contributed by atoms with Crippen LogP contribution >= 0.6 is 11.8 Å². The lowest BCUT2D eigenvalue weighted by molar-refractivity contribution is 0.102. The number of aliphatic hydroxyl groups is 1. The van der Waals surface area contributed by atoms with Crippen LogP contribution in [0.2, 0.25) is 0 Å². The van der Waals surface area contributed by atoms with Crippen molar-refractivity contribution in [2.75, 3.05) is 5.32 Å². The molecule has 7 nitrogen and oxygen atoms in total. The van der Waals surface area contributed by atoms with E-state index in [9.17, 15) is 9.90 Å². The van der Waals surface area contributed by atoms with Gasteiger partial charge in [-0.05, 0) is 42.3 Å². The van der Waals surface area contributed by atoms with Crippen LogP contribution in [0.15, 0.2) is 66.1 Å². The Balaban J connectivity index is 1.44. The quantitative estimate of drug-likeness (QED) is 0.331. The predicted molar refractivity (Wildman–Crippen MR) is 113 cm³/mol. The van der Waals surface area contributed by atoms with E-state index >= 15 is 0 Å². The maximum atomic E-state index is 12.6. The minimum Gasteiger partial charge on any atom is -0.389 e. The number of nitrogens with zero attached hydrogens (tertiary/aromatic N) is 3. The number of rotatable bonds is 6. The van der Waals surface area contributed by atoms with E-state index in [4.69, 9.17) is 0 Å². The molecule has 146 valence electrons. The van der Waals surface area contributed by atoms with E-state index in [1.165, 1.54) is 6.33 Å². The molecule has 8 heteroatoms. The fraction of sp³-hybridized carbons (Fsp3) is 0.143. The Bertz CT molecular complexity index is 1140. The zero-order valence-corrected chi connectivity index (χ0v) is 16.5. The number of benzene rings is 2. The normalized spacial score (nSPS) is 12.1. The van der Waals surface area contributed by atoms with Gasteiger partial charge in [-0.3, -0.25) is 9.89 Å². The van der Waals surface area contributed by atoms with Gasteiger partial charge in [-0.2, -0.15) is 5.10 Å². The topological polar surface area (TPSA) is 104 Å². The number of carbonyl (C=O) groups excluding carboxylic acids is 1. The van der Waals surface area contributed by atoms with Crippen LogP contribution in [0.4, 0.5) is 5.69 Å². The third kappa shape index (κ3) is 4.44. The zero-order valence-electron chi connectivity index (χ0n) is 15.7. The summed E-state index contributed by atoms with van der Waals surface area (Å²) in [5, 5.41) is 21.0. The van der Waals surface area contributed by atoms with Gasteiger partial charge < -0.3 is 10.4 Å². The van der Waals surface area contributed by atoms with E-state index in [0.29, 0.717) is 22.7 Å². The van der Waals surface area contributed by atoms with Crippen molar-refractivity contribution in [3.8, 4) is 0 Å². The molecular formula is C21H19N5O2S. The third-order valence-corrected chi connectivity index (χ3v) is 5.50. The number of thioether (sulfide) groups is 1. The standard InChI is InChI=1S/C21H19N5O2S/c1-13(27)15-5-7-17(8-6-15)25-20(28)16-4-2-3-14(9-16)11-29-21-18-10-24-26-19(18)22-12-23-21/h2-10,12-13,27H,11H2,1H3,(H,25,28)(H,22,23,24,26). The van der Waals surface area contributed by atoms with Gasteiger partial charge in [0, 0.05) is 17.0 Å². The molecule has 4 aromatic rings. The SMILES string of the molecule is CC(O)c1ccc(NC(=O)c2cccc(CSc3ncnc4[nH]ncc34)c2)cc1. The average Bonchev–Trinajstić information content (AvgIpc) is 3.22. The maximum absolute atomic E-state index is 12.6. The summed E-state index contributed by atoms with van der Waals surface area (Å²) in [5.41, 5.74) is 3.79. The second kappa shape index (κ2) is 8.42. The molecule has 4 rings (SSSR count). The van der Waals surface area contributed by atoms with Crippen LogP contribution in [0.1, 0.15) is 34.5 Å². The first-order valence-electron chi connectivity index (χ1n) is 9.05. The van der Waals surface area contributed by atoms with Crippen LogP contribution in [0.25, 0.3) is 11.0 Å². The zero-order chi connectivity index (χ0) is 20.2. The number of aromatic amines is 1. The lowest BCUT2D eigenvalue weighted by atomic mass is 10.1. The van der Waals surface area contributed by atoms with Gasteiger partial charge in [-0.25, -0.2) is 9.97 Å². The molecule has 1 amide bonds. The van der Waals surface area contributed by atoms with Gasteiger partial charge in [0.05, 0.1) is 17.7 Å². The van der Waals surface area contributed by atoms with Gasteiger partial charge in [0.2, 0.25) is 0 Å². The number of hydrogen-bond acceptors (Lipinski definition) is 6. The van der Waals surface area contributed by atoms with Gasteiger partial charge >= 0.3 is 0 Å². The van der Waals surface area contributed by atoms with Crippen molar-refractivity contribution >= 4 is 34.4 Å². The van der Waals surface area contributed by atoms with Crippen molar-refractivity contribution in [2.24, 2.45) is 0 Å². The number of amides is 1. The maximum Gasteiger partial charge on any atom is 0.255 e. The molecule has 1 atom stereocenters. The number of nitrogens with one attached hydrogen (secondary N) is 2. The second-order valence-corrected chi connectivity index (χ2v) is 7.52. The van der Waals surface area contributed by atoms with E-state index in [0.717, 1.165) is 21.5 Å². The molecule has 3 N–H and O–H groups in total. The molecular weight excluding hydrogens is 386 g/mol. The summed E-state index contributed by atoms with van der Waals surface area (Å²) in [6.07, 6.45) is 2.69. The van der Waals surface area contributed by atoms with E-state index in [2.05, 4.69) is 25.5 Å². The van der Waals surface area contributed by atoms with Crippen LogP contribution in [0.3, 0.4) is 0 Å². The van der Waals surface area contributed by atoms with Gasteiger partial charge in [-0.15, -0.1) is 11.8 Å². The van der Waals surface area contributed by atoms with E-state index in [-0.39, 0.29) is 5.91 Å². The largest absolute Gasteiger partial charge is 0.389 e. The van der Waals surface area contributed by atoms with Crippen molar-refractivity contribution in [1.29, 1.82) is 0 Å². The molecule has 2 aromatic heterocycles. The summed E-state index contributed by atoms with van der Waals surface area (Å²) in [6.45, 7) is 1.70. The summed E-state index contributed by atoms with van der Waals surface area (Å²) in [6, 6.07) is 14.7. The number of fused-ring (bicyclic) bond motifs is 1. The van der Waals surface area contributed by atoms with Gasteiger partial charge in [0.25, 0.3) is 5.91 Å². The summed E-state index contributed by atoms with van der Waals surface area (Å²) in [4.78, 5) is 21.1. The minimum atomic E-state index is -0.535. The fourth-order valence-electron chi connectivity index (χ4n) is 2.86. The molecule has 0 fully saturated rings. The van der Waals surface area contributed by atoms with Gasteiger partial charge in [0.1, 0.15) is 11.4 Å². The molecule has 1 unspecified atom stereocenters. The third-order valence-electron chi connectivity index (χ3n) is 4.43. The number of H-pyrrole nitrogens is 1. The Morgan fingerprint density at radius 2 is 2.03 bits per heavy atom. The van der Waals surface area contributed by atoms with Crippen molar-refractivity contribution in [1.82, 2.24) is 20.2 Å². The molecule has 0 saturated heterocycles. The molecule has 0 aliphatic carbocycles. The number of aliphatic hydroxyl groups excluding tert-OH is 1. The van der Waals surface area contributed by atoms with Gasteiger partial charge in [-0.1, -0.05) is 24.3 Å². The first kappa shape index (κ1) is 19.1. The number of carbonyl (C=O) groups is 1. The highest BCUT2D eigenvalue weighted by molar-refractivity contribution is 7.98. The minimum absolute atomic E-state index is 0.180. The van der Waals surface area contributed by atoms with Crippen LogP contribution in [0.5, 0.6) is 0 Å². The van der Waals surface area contributed by atoms with Crippen LogP contribution in [-0.2, 0) is 5.75 Å². The predicted octanol–water partition coefficient (Wildman–Crippen LogP) is 3.95. The van der Waals surface area contributed by atoms with Crippen molar-refractivity contribution in [3.05, 3.63) is 77.7 Å². The lowest BCUT2D eigenvalue weighted by Crippen LogP contribution is -2.12. The average molecular weight is 405 g/mol. The highest BCUT2D eigenvalue weighted by Crippen LogP contribution is 2.26. The Morgan fingerprint density at radius 1 is 1.21 bits per heavy atom. The monoisotopic (exact) mass is 405 g/mol. The van der Waals surface area contributed by atoms with Crippen molar-refractivity contribution in [2.45, 2.75) is 23.8 Å². The van der Waals surface area contributed by atoms with Crippen molar-refractivity contribution in [3.63, 3.8) is 0 Å². The Hall–Kier alpha value is -3.23. The Labute approximate surface area is 171 Å². The van der Waals surface area contributed by atoms with Gasteiger partial charge in [0.15, 0.2) is 5.65 Å². The van der Waals surface area contributed by atoms with Crippen LogP contribution in [0, 0.1) is 0 Å². The number of aromatic nitrogens is 4.